The third-order valence-electron chi connectivity index (χ3n) is 2.29. The zero-order valence-electron chi connectivity index (χ0n) is 11.7. The van der Waals surface area contributed by atoms with E-state index in [9.17, 15) is 5.11 Å². The zero-order chi connectivity index (χ0) is 13.1. The van der Waals surface area contributed by atoms with Crippen molar-refractivity contribution in [2.45, 2.75) is 59.1 Å². The van der Waals surface area contributed by atoms with Crippen LogP contribution in [0.1, 0.15) is 53.4 Å². The molecule has 0 aromatic heterocycles. The van der Waals surface area contributed by atoms with Crippen LogP contribution in [-0.4, -0.2) is 34.4 Å². The Morgan fingerprint density at radius 1 is 0.824 bits per heavy atom. The molecule has 17 heavy (non-hydrogen) atoms. The minimum absolute atomic E-state index is 0.489. The normalized spacial score (nSPS) is 13.9. The molecule has 0 bridgehead atoms. The quantitative estimate of drug-likeness (QED) is 0.538. The Hall–Kier alpha value is 0.0569. The van der Waals surface area contributed by atoms with Crippen molar-refractivity contribution in [3.63, 3.8) is 0 Å². The Labute approximate surface area is 107 Å². The van der Waals surface area contributed by atoms with E-state index >= 15 is 0 Å². The summed E-state index contributed by atoms with van der Waals surface area (Å²) in [4.78, 5) is 0. The van der Waals surface area contributed by atoms with Gasteiger partial charge in [0.15, 0.2) is 5.73 Å². The van der Waals surface area contributed by atoms with Crippen LogP contribution in [-0.2, 0) is 18.4 Å². The van der Waals surface area contributed by atoms with E-state index in [1.165, 1.54) is 0 Å². The van der Waals surface area contributed by atoms with Gasteiger partial charge in [0.1, 0.15) is 0 Å². The number of hydrogen-bond acceptors (Lipinski definition) is 3. The van der Waals surface area contributed by atoms with Crippen LogP contribution < -0.4 is 0 Å². The highest BCUT2D eigenvalue weighted by Gasteiger charge is 2.49. The van der Waals surface area contributed by atoms with Crippen molar-refractivity contribution in [3.8, 4) is 0 Å². The summed E-state index contributed by atoms with van der Waals surface area (Å²) in [5, 5.41) is 12.1. The summed E-state index contributed by atoms with van der Waals surface area (Å²) in [6.45, 7) is 9.54. The van der Waals surface area contributed by atoms with Gasteiger partial charge in [0, 0.05) is 19.8 Å². The lowest BCUT2D eigenvalue weighted by Gasteiger charge is -2.31. The van der Waals surface area contributed by atoms with Gasteiger partial charge in [-0.2, -0.15) is 0 Å². The van der Waals surface area contributed by atoms with Crippen molar-refractivity contribution in [1.29, 1.82) is 0 Å². The van der Waals surface area contributed by atoms with Gasteiger partial charge in [-0.05, 0) is 25.7 Å². The van der Waals surface area contributed by atoms with Crippen molar-refractivity contribution in [1.82, 2.24) is 0 Å². The van der Waals surface area contributed by atoms with Crippen molar-refractivity contribution >= 4 is 8.80 Å². The maximum absolute atomic E-state index is 12.1. The predicted octanol–water partition coefficient (Wildman–Crippen LogP) is 2.95. The summed E-state index contributed by atoms with van der Waals surface area (Å²) < 4.78 is 17.2. The first-order valence-electron chi connectivity index (χ1n) is 6.74. The molecule has 0 aromatic rings. The predicted molar refractivity (Wildman–Crippen MR) is 69.2 cm³/mol. The molecular formula is C12H27O4Si. The average molecular weight is 263 g/mol. The molecule has 0 aromatic carbocycles. The molecule has 0 saturated carbocycles. The summed E-state index contributed by atoms with van der Waals surface area (Å²) in [7, 11) is -3.02. The second-order valence-electron chi connectivity index (χ2n) is 4.05. The SMILES string of the molecule is CCCO[Si](OCCC)(OCCC)C([O])CC. The fourth-order valence-electron chi connectivity index (χ4n) is 1.39. The van der Waals surface area contributed by atoms with Crippen LogP contribution in [0.2, 0.25) is 0 Å². The van der Waals surface area contributed by atoms with Gasteiger partial charge in [0.05, 0.1) is 0 Å². The fraction of sp³-hybridized carbons (Fsp3) is 1.00. The Morgan fingerprint density at radius 3 is 1.41 bits per heavy atom. The molecule has 103 valence electrons. The first kappa shape index (κ1) is 17.1. The van der Waals surface area contributed by atoms with E-state index < -0.39 is 14.5 Å². The molecule has 0 aliphatic carbocycles. The molecule has 1 radical (unpaired) electrons. The lowest BCUT2D eigenvalue weighted by molar-refractivity contribution is -0.00875. The molecule has 5 heteroatoms. The molecule has 0 spiro atoms. The van der Waals surface area contributed by atoms with Gasteiger partial charge in [-0.3, -0.25) is 0 Å². The van der Waals surface area contributed by atoms with Gasteiger partial charge >= 0.3 is 8.80 Å². The molecule has 0 saturated heterocycles. The molecule has 0 rings (SSSR count). The molecule has 0 fully saturated rings. The zero-order valence-corrected chi connectivity index (χ0v) is 12.7. The lowest BCUT2D eigenvalue weighted by atomic mass is 10.5. The molecule has 0 aliphatic heterocycles. The summed E-state index contributed by atoms with van der Waals surface area (Å²) >= 11 is 0. The van der Waals surface area contributed by atoms with Gasteiger partial charge in [0.25, 0.3) is 0 Å². The van der Waals surface area contributed by atoms with Crippen LogP contribution in [0.25, 0.3) is 0 Å². The van der Waals surface area contributed by atoms with Crippen LogP contribution in [0.5, 0.6) is 0 Å². The first-order valence-corrected chi connectivity index (χ1v) is 8.54. The topological polar surface area (TPSA) is 47.6 Å². The Balaban J connectivity index is 4.63. The maximum Gasteiger partial charge on any atom is 0.534 e. The molecule has 0 N–H and O–H groups in total. The monoisotopic (exact) mass is 263 g/mol. The van der Waals surface area contributed by atoms with Gasteiger partial charge in [0.2, 0.25) is 0 Å². The third kappa shape index (κ3) is 5.97. The van der Waals surface area contributed by atoms with E-state index in [1.54, 1.807) is 0 Å². The third-order valence-corrected chi connectivity index (χ3v) is 5.30. The first-order chi connectivity index (χ1) is 8.16. The molecule has 4 nitrogen and oxygen atoms in total. The summed E-state index contributed by atoms with van der Waals surface area (Å²) in [6, 6.07) is 0. The molecule has 1 unspecified atom stereocenters. The molecule has 0 amide bonds. The highest BCUT2D eigenvalue weighted by molar-refractivity contribution is 6.62. The van der Waals surface area contributed by atoms with Gasteiger partial charge in [-0.15, -0.1) is 0 Å². The Bertz CT molecular complexity index is 156. The molecular weight excluding hydrogens is 236 g/mol. The lowest BCUT2D eigenvalue weighted by Crippen LogP contribution is -2.56. The van der Waals surface area contributed by atoms with E-state index in [0.717, 1.165) is 19.3 Å². The number of hydrogen-bond donors (Lipinski definition) is 0. The van der Waals surface area contributed by atoms with E-state index in [4.69, 9.17) is 13.3 Å². The Kier molecular flexibility index (Phi) is 10.1. The number of rotatable bonds is 11. The van der Waals surface area contributed by atoms with Crippen LogP contribution in [0.3, 0.4) is 0 Å². The van der Waals surface area contributed by atoms with Crippen molar-refractivity contribution in [3.05, 3.63) is 0 Å². The van der Waals surface area contributed by atoms with Crippen LogP contribution in [0.4, 0.5) is 0 Å². The van der Waals surface area contributed by atoms with Crippen molar-refractivity contribution in [2.75, 3.05) is 19.8 Å². The Morgan fingerprint density at radius 2 is 1.18 bits per heavy atom. The smallest absolute Gasteiger partial charge is 0.372 e. The summed E-state index contributed by atoms with van der Waals surface area (Å²) in [5.74, 6) is 0. The molecule has 0 heterocycles. The minimum Gasteiger partial charge on any atom is -0.372 e. The van der Waals surface area contributed by atoms with E-state index in [-0.39, 0.29) is 0 Å². The highest BCUT2D eigenvalue weighted by atomic mass is 28.4. The van der Waals surface area contributed by atoms with Crippen molar-refractivity contribution < 1.29 is 18.4 Å². The van der Waals surface area contributed by atoms with E-state index in [1.807, 2.05) is 27.7 Å². The van der Waals surface area contributed by atoms with Crippen LogP contribution in [0, 0.1) is 0 Å². The summed E-state index contributed by atoms with van der Waals surface area (Å²) in [6.07, 6.45) is 3.10. The van der Waals surface area contributed by atoms with Crippen molar-refractivity contribution in [2.24, 2.45) is 0 Å². The van der Waals surface area contributed by atoms with Gasteiger partial charge < -0.3 is 13.3 Å². The fourth-order valence-corrected chi connectivity index (χ4v) is 4.16. The van der Waals surface area contributed by atoms with Gasteiger partial charge in [-0.1, -0.05) is 27.7 Å². The second kappa shape index (κ2) is 10.0. The standard InChI is InChI=1S/C12H27O4Si/c1-5-9-14-17(12(13)8-4,15-10-6-2)16-11-7-3/h12H,5-11H2,1-4H3. The average Bonchev–Trinajstić information content (AvgIpc) is 2.37. The largest absolute Gasteiger partial charge is 0.534 e. The van der Waals surface area contributed by atoms with E-state index in [2.05, 4.69) is 0 Å². The summed E-state index contributed by atoms with van der Waals surface area (Å²) in [5.41, 5.74) is -0.868. The van der Waals surface area contributed by atoms with Crippen LogP contribution in [0.15, 0.2) is 0 Å². The molecule has 0 aliphatic rings. The van der Waals surface area contributed by atoms with E-state index in [0.29, 0.717) is 26.2 Å². The van der Waals surface area contributed by atoms with Gasteiger partial charge in [-0.25, -0.2) is 5.11 Å². The molecule has 1 atom stereocenters. The van der Waals surface area contributed by atoms with Crippen LogP contribution >= 0.6 is 0 Å². The maximum atomic E-state index is 12.1. The highest BCUT2D eigenvalue weighted by Crippen LogP contribution is 2.19. The minimum atomic E-state index is -3.02. The second-order valence-corrected chi connectivity index (χ2v) is 6.76.